The molecule has 4 amide bonds. The van der Waals surface area contributed by atoms with E-state index in [9.17, 15) is 18.8 Å². The quantitative estimate of drug-likeness (QED) is 0.662. The number of nitrogens with one attached hydrogen (secondary N) is 3. The maximum atomic E-state index is 14.4. The van der Waals surface area contributed by atoms with Crippen molar-refractivity contribution >= 4 is 18.0 Å². The minimum absolute atomic E-state index is 0.163. The van der Waals surface area contributed by atoms with Crippen molar-refractivity contribution in [1.82, 2.24) is 16.0 Å². The summed E-state index contributed by atoms with van der Waals surface area (Å²) in [4.78, 5) is 34.7. The first-order valence-electron chi connectivity index (χ1n) is 6.37. The minimum atomic E-state index is -1.82. The number of amides is 4. The molecule has 112 valence electrons. The second-order valence-corrected chi connectivity index (χ2v) is 6.13. The molecule has 1 aliphatic heterocycles. The molecule has 3 N–H and O–H groups in total. The SMILES string of the molecule is CC(C)(C)OC(=O)NC[C@@]1(C2(F)CC2)NC(=O)NC1=O. The summed E-state index contributed by atoms with van der Waals surface area (Å²) in [7, 11) is 0. The van der Waals surface area contributed by atoms with Gasteiger partial charge in [-0.15, -0.1) is 0 Å². The van der Waals surface area contributed by atoms with E-state index in [2.05, 4.69) is 10.6 Å². The van der Waals surface area contributed by atoms with Crippen LogP contribution in [0.1, 0.15) is 33.6 Å². The molecule has 0 aromatic heterocycles. The van der Waals surface area contributed by atoms with Crippen LogP contribution in [0.2, 0.25) is 0 Å². The van der Waals surface area contributed by atoms with E-state index in [0.717, 1.165) is 0 Å². The maximum absolute atomic E-state index is 14.4. The van der Waals surface area contributed by atoms with Crippen molar-refractivity contribution in [2.75, 3.05) is 6.54 Å². The second kappa shape index (κ2) is 4.32. The fourth-order valence-electron chi connectivity index (χ4n) is 2.15. The molecular formula is C12H18FN3O4. The van der Waals surface area contributed by atoms with Crippen LogP contribution in [0.15, 0.2) is 0 Å². The highest BCUT2D eigenvalue weighted by Crippen LogP contribution is 2.49. The zero-order chi connectivity index (χ0) is 15.2. The highest BCUT2D eigenvalue weighted by Gasteiger charge is 2.68. The van der Waals surface area contributed by atoms with Gasteiger partial charge >= 0.3 is 12.1 Å². The second-order valence-electron chi connectivity index (χ2n) is 6.13. The summed E-state index contributed by atoms with van der Waals surface area (Å²) in [6.07, 6.45) is -0.442. The molecule has 1 saturated carbocycles. The summed E-state index contributed by atoms with van der Waals surface area (Å²) in [6.45, 7) is 4.70. The third-order valence-electron chi connectivity index (χ3n) is 3.29. The van der Waals surface area contributed by atoms with Crippen LogP contribution in [-0.4, -0.2) is 41.4 Å². The van der Waals surface area contributed by atoms with Crippen molar-refractivity contribution in [2.24, 2.45) is 0 Å². The number of rotatable bonds is 3. The Labute approximate surface area is 115 Å². The van der Waals surface area contributed by atoms with Crippen LogP contribution in [-0.2, 0) is 9.53 Å². The third-order valence-corrected chi connectivity index (χ3v) is 3.29. The number of urea groups is 1. The van der Waals surface area contributed by atoms with Crippen molar-refractivity contribution in [2.45, 2.75) is 50.4 Å². The fraction of sp³-hybridized carbons (Fsp3) is 0.750. The number of hydrogen-bond donors (Lipinski definition) is 3. The Morgan fingerprint density at radius 1 is 1.40 bits per heavy atom. The number of halogens is 1. The van der Waals surface area contributed by atoms with Gasteiger partial charge in [-0.05, 0) is 33.6 Å². The number of alkyl halides is 1. The fourth-order valence-corrected chi connectivity index (χ4v) is 2.15. The van der Waals surface area contributed by atoms with E-state index in [4.69, 9.17) is 4.74 Å². The molecule has 0 aromatic carbocycles. The summed E-state index contributed by atoms with van der Waals surface area (Å²) in [5.41, 5.74) is -4.27. The zero-order valence-corrected chi connectivity index (χ0v) is 11.6. The Morgan fingerprint density at radius 2 is 2.00 bits per heavy atom. The van der Waals surface area contributed by atoms with Gasteiger partial charge in [0.1, 0.15) is 11.3 Å². The predicted molar refractivity (Wildman–Crippen MR) is 66.7 cm³/mol. The topological polar surface area (TPSA) is 96.5 Å². The number of imide groups is 1. The molecule has 8 heteroatoms. The first-order chi connectivity index (χ1) is 9.08. The lowest BCUT2D eigenvalue weighted by molar-refractivity contribution is -0.126. The number of carbonyl (C=O) groups is 3. The monoisotopic (exact) mass is 287 g/mol. The Bertz CT molecular complexity index is 470. The minimum Gasteiger partial charge on any atom is -0.444 e. The number of hydrogen-bond acceptors (Lipinski definition) is 4. The highest BCUT2D eigenvalue weighted by atomic mass is 19.1. The summed E-state index contributed by atoms with van der Waals surface area (Å²) < 4.78 is 19.4. The average molecular weight is 287 g/mol. The van der Waals surface area contributed by atoms with Crippen LogP contribution < -0.4 is 16.0 Å². The average Bonchev–Trinajstić information content (AvgIpc) is 2.93. The Hall–Kier alpha value is -1.86. The molecule has 2 rings (SSSR count). The normalized spacial score (nSPS) is 27.6. The van der Waals surface area contributed by atoms with E-state index in [1.807, 2.05) is 5.32 Å². The molecular weight excluding hydrogens is 269 g/mol. The lowest BCUT2D eigenvalue weighted by atomic mass is 9.91. The lowest BCUT2D eigenvalue weighted by Gasteiger charge is -2.30. The number of carbonyl (C=O) groups excluding carboxylic acids is 3. The van der Waals surface area contributed by atoms with Crippen LogP contribution >= 0.6 is 0 Å². The standard InChI is InChI=1S/C12H18FN3O4/c1-10(2,3)20-9(19)14-6-12(11(13)4-5-11)7(17)15-8(18)16-12/h4-6H2,1-3H3,(H,14,19)(H2,15,16,17,18)/t12-/m1/s1. The predicted octanol–water partition coefficient (Wildman–Crippen LogP) is 0.591. The molecule has 0 aromatic rings. The van der Waals surface area contributed by atoms with Gasteiger partial charge < -0.3 is 15.4 Å². The summed E-state index contributed by atoms with van der Waals surface area (Å²) in [5, 5.41) is 6.64. The summed E-state index contributed by atoms with van der Waals surface area (Å²) in [6, 6.07) is -0.759. The van der Waals surface area contributed by atoms with Crippen LogP contribution in [0, 0.1) is 0 Å². The lowest BCUT2D eigenvalue weighted by Crippen LogP contribution is -2.63. The van der Waals surface area contributed by atoms with Gasteiger partial charge in [0.15, 0.2) is 5.54 Å². The largest absolute Gasteiger partial charge is 0.444 e. The van der Waals surface area contributed by atoms with Crippen LogP contribution in [0.5, 0.6) is 0 Å². The Kier molecular flexibility index (Phi) is 3.14. The molecule has 1 heterocycles. The van der Waals surface area contributed by atoms with E-state index in [-0.39, 0.29) is 19.4 Å². The van der Waals surface area contributed by atoms with E-state index >= 15 is 0 Å². The first-order valence-corrected chi connectivity index (χ1v) is 6.37. The highest BCUT2D eigenvalue weighted by molar-refractivity contribution is 6.08. The number of ether oxygens (including phenoxy) is 1. The molecule has 2 aliphatic rings. The van der Waals surface area contributed by atoms with Crippen LogP contribution in [0.4, 0.5) is 14.0 Å². The van der Waals surface area contributed by atoms with Gasteiger partial charge in [-0.25, -0.2) is 14.0 Å². The van der Waals surface area contributed by atoms with Crippen molar-refractivity contribution in [3.63, 3.8) is 0 Å². The molecule has 1 atom stereocenters. The van der Waals surface area contributed by atoms with Crippen molar-refractivity contribution in [3.05, 3.63) is 0 Å². The van der Waals surface area contributed by atoms with Gasteiger partial charge in [0, 0.05) is 0 Å². The molecule has 0 radical (unpaired) electrons. The third kappa shape index (κ3) is 2.54. The van der Waals surface area contributed by atoms with Crippen molar-refractivity contribution in [1.29, 1.82) is 0 Å². The van der Waals surface area contributed by atoms with E-state index in [1.165, 1.54) is 0 Å². The maximum Gasteiger partial charge on any atom is 0.407 e. The Balaban J connectivity index is 2.06. The molecule has 7 nitrogen and oxygen atoms in total. The molecule has 0 bridgehead atoms. The van der Waals surface area contributed by atoms with Gasteiger partial charge in [-0.2, -0.15) is 0 Å². The van der Waals surface area contributed by atoms with E-state index in [0.29, 0.717) is 0 Å². The van der Waals surface area contributed by atoms with Crippen molar-refractivity contribution in [3.8, 4) is 0 Å². The molecule has 1 saturated heterocycles. The van der Waals surface area contributed by atoms with Crippen LogP contribution in [0.25, 0.3) is 0 Å². The van der Waals surface area contributed by atoms with Gasteiger partial charge in [0.05, 0.1) is 6.54 Å². The van der Waals surface area contributed by atoms with Gasteiger partial charge in [-0.3, -0.25) is 10.1 Å². The van der Waals surface area contributed by atoms with Gasteiger partial charge in [0.25, 0.3) is 5.91 Å². The number of alkyl carbamates (subject to hydrolysis) is 1. The summed E-state index contributed by atoms with van der Waals surface area (Å²) >= 11 is 0. The first kappa shape index (κ1) is 14.5. The van der Waals surface area contributed by atoms with Gasteiger partial charge in [0.2, 0.25) is 0 Å². The smallest absolute Gasteiger partial charge is 0.407 e. The molecule has 0 spiro atoms. The zero-order valence-electron chi connectivity index (χ0n) is 11.6. The molecule has 1 aliphatic carbocycles. The van der Waals surface area contributed by atoms with Crippen molar-refractivity contribution < 1.29 is 23.5 Å². The van der Waals surface area contributed by atoms with E-state index < -0.39 is 34.8 Å². The molecule has 2 fully saturated rings. The molecule has 0 unspecified atom stereocenters. The Morgan fingerprint density at radius 3 is 2.40 bits per heavy atom. The van der Waals surface area contributed by atoms with Gasteiger partial charge in [-0.1, -0.05) is 0 Å². The van der Waals surface area contributed by atoms with Crippen LogP contribution in [0.3, 0.4) is 0 Å². The van der Waals surface area contributed by atoms with E-state index in [1.54, 1.807) is 20.8 Å². The molecule has 20 heavy (non-hydrogen) atoms. The summed E-state index contributed by atoms with van der Waals surface area (Å²) in [5.74, 6) is -0.765.